The number of nitrogens with one attached hydrogen (secondary N) is 1. The van der Waals surface area contributed by atoms with Gasteiger partial charge in [0.05, 0.1) is 6.54 Å². The van der Waals surface area contributed by atoms with E-state index in [9.17, 15) is 9.59 Å². The van der Waals surface area contributed by atoms with Crippen LogP contribution in [0, 0.1) is 0 Å². The Hall–Kier alpha value is -1.62. The first-order chi connectivity index (χ1) is 11.1. The first-order valence-electron chi connectivity index (χ1n) is 8.84. The average molecular weight is 317 g/mol. The quantitative estimate of drug-likeness (QED) is 0.927. The van der Waals surface area contributed by atoms with Gasteiger partial charge in [0, 0.05) is 31.4 Å². The number of hydrogen-bond donors (Lipinski definition) is 1. The fourth-order valence-corrected chi connectivity index (χ4v) is 3.84. The van der Waals surface area contributed by atoms with Crippen LogP contribution in [0.2, 0.25) is 0 Å². The number of pyridine rings is 1. The highest BCUT2D eigenvalue weighted by Crippen LogP contribution is 2.27. The van der Waals surface area contributed by atoms with Crippen LogP contribution in [0.4, 0.5) is 0 Å². The molecule has 2 aliphatic heterocycles. The molecule has 1 unspecified atom stereocenters. The van der Waals surface area contributed by atoms with Crippen molar-refractivity contribution in [3.63, 3.8) is 0 Å². The lowest BCUT2D eigenvalue weighted by molar-refractivity contribution is -0.134. The molecule has 0 spiro atoms. The van der Waals surface area contributed by atoms with Crippen LogP contribution in [-0.4, -0.2) is 52.9 Å². The van der Waals surface area contributed by atoms with Gasteiger partial charge in [0.2, 0.25) is 11.5 Å². The zero-order chi connectivity index (χ0) is 16.2. The van der Waals surface area contributed by atoms with Crippen molar-refractivity contribution in [3.8, 4) is 0 Å². The van der Waals surface area contributed by atoms with Crippen LogP contribution in [-0.2, 0) is 4.79 Å². The number of rotatable bonds is 3. The van der Waals surface area contributed by atoms with E-state index >= 15 is 0 Å². The van der Waals surface area contributed by atoms with Crippen LogP contribution in [0.5, 0.6) is 0 Å². The van der Waals surface area contributed by atoms with Crippen LogP contribution in [0.15, 0.2) is 23.1 Å². The summed E-state index contributed by atoms with van der Waals surface area (Å²) in [4.78, 5) is 31.0. The zero-order valence-corrected chi connectivity index (χ0v) is 14.0. The minimum Gasteiger partial charge on any atom is -0.342 e. The van der Waals surface area contributed by atoms with Crippen LogP contribution in [0.1, 0.15) is 50.5 Å². The van der Waals surface area contributed by atoms with Gasteiger partial charge in [-0.1, -0.05) is 6.42 Å². The monoisotopic (exact) mass is 317 g/mol. The Morgan fingerprint density at radius 1 is 1.22 bits per heavy atom. The summed E-state index contributed by atoms with van der Waals surface area (Å²) >= 11 is 0. The number of likely N-dealkylation sites (tertiary alicyclic amines) is 2. The molecule has 23 heavy (non-hydrogen) atoms. The van der Waals surface area contributed by atoms with Gasteiger partial charge in [-0.05, 0) is 56.7 Å². The van der Waals surface area contributed by atoms with E-state index in [4.69, 9.17) is 0 Å². The maximum absolute atomic E-state index is 12.5. The normalized spacial score (nSPS) is 23.9. The van der Waals surface area contributed by atoms with Crippen molar-refractivity contribution in [2.24, 2.45) is 0 Å². The van der Waals surface area contributed by atoms with Crippen molar-refractivity contribution in [2.45, 2.75) is 51.0 Å². The second-order valence-electron chi connectivity index (χ2n) is 6.96. The second-order valence-corrected chi connectivity index (χ2v) is 6.96. The molecule has 5 heteroatoms. The largest absolute Gasteiger partial charge is 0.342 e. The lowest BCUT2D eigenvalue weighted by Gasteiger charge is -2.37. The maximum atomic E-state index is 12.5. The molecule has 0 saturated carbocycles. The summed E-state index contributed by atoms with van der Waals surface area (Å²) in [5, 5.41) is 0. The molecular formula is C18H27N3O2. The molecule has 2 fully saturated rings. The van der Waals surface area contributed by atoms with Crippen LogP contribution in [0.3, 0.4) is 0 Å². The minimum atomic E-state index is -0.0416. The van der Waals surface area contributed by atoms with Gasteiger partial charge in [0.25, 0.3) is 0 Å². The van der Waals surface area contributed by atoms with E-state index < -0.39 is 0 Å². The molecule has 3 heterocycles. The van der Waals surface area contributed by atoms with Gasteiger partial charge in [-0.25, -0.2) is 0 Å². The molecule has 1 aromatic heterocycles. The summed E-state index contributed by atoms with van der Waals surface area (Å²) in [6, 6.07) is 4.21. The highest BCUT2D eigenvalue weighted by molar-refractivity contribution is 5.78. The minimum absolute atomic E-state index is 0.0416. The van der Waals surface area contributed by atoms with Gasteiger partial charge in [-0.2, -0.15) is 0 Å². The first-order valence-corrected chi connectivity index (χ1v) is 8.84. The third-order valence-corrected chi connectivity index (χ3v) is 5.40. The van der Waals surface area contributed by atoms with Crippen molar-refractivity contribution in [1.29, 1.82) is 0 Å². The molecule has 1 N–H and O–H groups in total. The topological polar surface area (TPSA) is 56.4 Å². The van der Waals surface area contributed by atoms with Crippen LogP contribution < -0.4 is 5.56 Å². The highest BCUT2D eigenvalue weighted by atomic mass is 16.2. The van der Waals surface area contributed by atoms with E-state index in [1.165, 1.54) is 19.3 Å². The molecule has 0 aromatic carbocycles. The Morgan fingerprint density at radius 2 is 2.00 bits per heavy atom. The van der Waals surface area contributed by atoms with Gasteiger partial charge in [-0.15, -0.1) is 0 Å². The molecule has 3 rings (SSSR count). The molecule has 0 radical (unpaired) electrons. The van der Waals surface area contributed by atoms with Crippen LogP contribution >= 0.6 is 0 Å². The Bertz CT molecular complexity index is 590. The third-order valence-electron chi connectivity index (χ3n) is 5.40. The fourth-order valence-electron chi connectivity index (χ4n) is 3.84. The Morgan fingerprint density at radius 3 is 2.70 bits per heavy atom. The molecule has 2 aliphatic rings. The predicted molar refractivity (Wildman–Crippen MR) is 90.5 cm³/mol. The van der Waals surface area contributed by atoms with E-state index in [0.717, 1.165) is 38.0 Å². The van der Waals surface area contributed by atoms with E-state index in [0.29, 0.717) is 18.5 Å². The molecular weight excluding hydrogens is 290 g/mol. The number of carbonyl (C=O) groups excluding carboxylic acids is 1. The summed E-state index contributed by atoms with van der Waals surface area (Å²) in [5.41, 5.74) is 1.06. The van der Waals surface area contributed by atoms with Gasteiger partial charge in [0.15, 0.2) is 0 Å². The molecule has 5 nitrogen and oxygen atoms in total. The number of amides is 1. The number of hydrogen-bond acceptors (Lipinski definition) is 3. The summed E-state index contributed by atoms with van der Waals surface area (Å²) < 4.78 is 0. The van der Waals surface area contributed by atoms with Crippen molar-refractivity contribution in [2.75, 3.05) is 26.2 Å². The second kappa shape index (κ2) is 7.30. The van der Waals surface area contributed by atoms with Gasteiger partial charge >= 0.3 is 0 Å². The first kappa shape index (κ1) is 16.2. The Balaban J connectivity index is 1.52. The van der Waals surface area contributed by atoms with E-state index in [1.54, 1.807) is 12.3 Å². The molecule has 1 amide bonds. The number of piperidine rings is 2. The highest BCUT2D eigenvalue weighted by Gasteiger charge is 2.27. The molecule has 0 aliphatic carbocycles. The lowest BCUT2D eigenvalue weighted by atomic mass is 9.90. The Labute approximate surface area is 137 Å². The summed E-state index contributed by atoms with van der Waals surface area (Å²) in [7, 11) is 0. The smallest absolute Gasteiger partial charge is 0.248 e. The number of aromatic nitrogens is 1. The Kier molecular flexibility index (Phi) is 5.16. The van der Waals surface area contributed by atoms with Gasteiger partial charge in [-0.3, -0.25) is 14.5 Å². The molecule has 1 aromatic rings. The van der Waals surface area contributed by atoms with E-state index in [2.05, 4.69) is 16.8 Å². The number of aromatic amines is 1. The summed E-state index contributed by atoms with van der Waals surface area (Å²) in [5.74, 6) is 0.665. The molecule has 0 bridgehead atoms. The predicted octanol–water partition coefficient (Wildman–Crippen LogP) is 1.96. The average Bonchev–Trinajstić information content (AvgIpc) is 2.57. The SMILES string of the molecule is CC1CCCCN1CC(=O)N1CCC(c2cc[nH]c(=O)c2)CC1. The molecule has 1 atom stereocenters. The number of carbonyl (C=O) groups is 1. The molecule has 2 saturated heterocycles. The summed E-state index contributed by atoms with van der Waals surface area (Å²) in [6.45, 7) is 5.45. The summed E-state index contributed by atoms with van der Waals surface area (Å²) in [6.07, 6.45) is 7.32. The molecule has 126 valence electrons. The maximum Gasteiger partial charge on any atom is 0.248 e. The number of H-pyrrole nitrogens is 1. The zero-order valence-electron chi connectivity index (χ0n) is 14.0. The standard InChI is InChI=1S/C18H27N3O2/c1-14-4-2-3-9-21(14)13-18(23)20-10-6-15(7-11-20)16-5-8-19-17(22)12-16/h5,8,12,14-15H,2-4,6-7,9-11,13H2,1H3,(H,19,22). The fraction of sp³-hybridized carbons (Fsp3) is 0.667. The number of nitrogens with zero attached hydrogens (tertiary/aromatic N) is 2. The van der Waals surface area contributed by atoms with Gasteiger partial charge < -0.3 is 9.88 Å². The van der Waals surface area contributed by atoms with Gasteiger partial charge in [0.1, 0.15) is 0 Å². The van der Waals surface area contributed by atoms with E-state index in [1.807, 2.05) is 11.0 Å². The van der Waals surface area contributed by atoms with Crippen molar-refractivity contribution in [1.82, 2.24) is 14.8 Å². The van der Waals surface area contributed by atoms with Crippen molar-refractivity contribution >= 4 is 5.91 Å². The van der Waals surface area contributed by atoms with Crippen molar-refractivity contribution < 1.29 is 4.79 Å². The lowest BCUT2D eigenvalue weighted by Crippen LogP contribution is -2.47. The third kappa shape index (κ3) is 4.02. The van der Waals surface area contributed by atoms with Crippen LogP contribution in [0.25, 0.3) is 0 Å². The van der Waals surface area contributed by atoms with Crippen molar-refractivity contribution in [3.05, 3.63) is 34.2 Å². The van der Waals surface area contributed by atoms with E-state index in [-0.39, 0.29) is 11.5 Å².